The molecule has 3 aliphatic rings. The number of unbranched alkanes of at least 4 members (excludes halogenated alkanes) is 34. The van der Waals surface area contributed by atoms with Crippen molar-refractivity contribution >= 4 is 5.91 Å². The van der Waals surface area contributed by atoms with Crippen LogP contribution >= 0.6 is 0 Å². The lowest BCUT2D eigenvalue weighted by Gasteiger charge is -2.48. The van der Waals surface area contributed by atoms with Gasteiger partial charge in [0.05, 0.1) is 38.6 Å². The summed E-state index contributed by atoms with van der Waals surface area (Å²) in [6, 6.07) is -0.969. The maximum Gasteiger partial charge on any atom is 0.220 e. The molecule has 3 saturated heterocycles. The van der Waals surface area contributed by atoms with Crippen LogP contribution in [0.15, 0.2) is 60.8 Å². The molecule has 0 radical (unpaired) electrons. The van der Waals surface area contributed by atoms with E-state index in [9.17, 15) is 61.0 Å². The van der Waals surface area contributed by atoms with E-state index in [1.165, 1.54) is 173 Å². The first kappa shape index (κ1) is 85.7. The Kier molecular flexibility index (Phi) is 51.3. The lowest BCUT2D eigenvalue weighted by molar-refractivity contribution is -0.379. The number of carbonyl (C=O) groups is 1. The van der Waals surface area contributed by atoms with E-state index in [1.54, 1.807) is 6.08 Å². The van der Waals surface area contributed by atoms with Gasteiger partial charge < -0.3 is 89.9 Å². The Labute approximate surface area is 566 Å². The largest absolute Gasteiger partial charge is 0.394 e. The number of hydrogen-bond acceptors (Lipinski definition) is 18. The fourth-order valence-corrected chi connectivity index (χ4v) is 12.5. The smallest absolute Gasteiger partial charge is 0.220 e. The lowest BCUT2D eigenvalue weighted by atomic mass is 9.96. The summed E-state index contributed by atoms with van der Waals surface area (Å²) in [5.74, 6) is -0.275. The van der Waals surface area contributed by atoms with Crippen LogP contribution in [0.4, 0.5) is 0 Å². The zero-order valence-corrected chi connectivity index (χ0v) is 58.2. The maximum atomic E-state index is 13.3. The Morgan fingerprint density at radius 3 is 1.15 bits per heavy atom. The zero-order chi connectivity index (χ0) is 68.2. The first-order valence-corrected chi connectivity index (χ1v) is 37.5. The molecule has 12 N–H and O–H groups in total. The van der Waals surface area contributed by atoms with Crippen LogP contribution in [0.25, 0.3) is 0 Å². The quantitative estimate of drug-likeness (QED) is 0.0199. The maximum absolute atomic E-state index is 13.3. The van der Waals surface area contributed by atoms with Gasteiger partial charge in [-0.2, -0.15) is 0 Å². The molecule has 3 rings (SSSR count). The molecule has 0 spiro atoms. The normalized spacial score (nSPS) is 27.7. The summed E-state index contributed by atoms with van der Waals surface area (Å²) in [4.78, 5) is 13.3. The standard InChI is InChI=1S/C75H135NO18/c1-3-5-7-9-11-13-14-15-16-17-18-19-20-21-22-23-24-25-26-27-28-29-30-31-32-33-34-35-36-37-38-39-40-41-42-43-44-45-47-49-51-53-63(81)76-58(59(80)52-50-48-46-12-10-8-6-4-2)57-89-73-69(87)66(84)71(61(55-78)91-73)94-75-70(88)67(85)72(62(56-79)92-75)93-74-68(86)65(83)64(82)60(54-77)90-74/h5,7,11,13,15-16,18-19,50,52,58-62,64-75,77-80,82-88H,3-4,6,8-10,12,14,17,20-49,51,53-57H2,1-2H3,(H,76,81)/b7-5-,13-11-,16-15-,19-18-,52-50+. The van der Waals surface area contributed by atoms with Crippen LogP contribution in [0, 0.1) is 0 Å². The predicted octanol–water partition coefficient (Wildman–Crippen LogP) is 11.1. The SMILES string of the molecule is CC/C=C\C/C=C\C/C=C\C/C=C\CCCCCCCCCCCCCCCCCCCCCCCCCCCCCCC(=O)NC(COC1OC(CO)C(OC2OC(CO)C(OC3OC(CO)C(O)C(O)C3O)C(O)C2O)C(O)C1O)C(O)/C=C/CCCCCCCC. The number of aliphatic hydroxyl groups is 11. The molecule has 3 aliphatic heterocycles. The Morgan fingerprint density at radius 1 is 0.394 bits per heavy atom. The molecule has 0 saturated carbocycles. The van der Waals surface area contributed by atoms with Gasteiger partial charge in [0.15, 0.2) is 18.9 Å². The molecule has 17 atom stereocenters. The molecule has 3 fully saturated rings. The van der Waals surface area contributed by atoms with Crippen molar-refractivity contribution in [2.24, 2.45) is 0 Å². The van der Waals surface area contributed by atoms with Gasteiger partial charge in [0.25, 0.3) is 0 Å². The summed E-state index contributed by atoms with van der Waals surface area (Å²) in [5, 5.41) is 120. The fraction of sp³-hybridized carbons (Fsp3) is 0.853. The first-order chi connectivity index (χ1) is 45.8. The molecule has 19 nitrogen and oxygen atoms in total. The summed E-state index contributed by atoms with van der Waals surface area (Å²) >= 11 is 0. The van der Waals surface area contributed by atoms with Gasteiger partial charge in [-0.3, -0.25) is 4.79 Å². The van der Waals surface area contributed by atoms with Crippen LogP contribution in [0.1, 0.15) is 277 Å². The van der Waals surface area contributed by atoms with Crippen molar-refractivity contribution in [2.75, 3.05) is 26.4 Å². The van der Waals surface area contributed by atoms with E-state index in [0.717, 1.165) is 77.0 Å². The number of rotatable bonds is 58. The highest BCUT2D eigenvalue weighted by atomic mass is 16.8. The monoisotopic (exact) mass is 1340 g/mol. The highest BCUT2D eigenvalue weighted by Gasteiger charge is 2.53. The van der Waals surface area contributed by atoms with Gasteiger partial charge in [-0.05, 0) is 57.8 Å². The zero-order valence-electron chi connectivity index (χ0n) is 58.2. The Hall–Kier alpha value is -2.51. The number of amides is 1. The lowest BCUT2D eigenvalue weighted by Crippen LogP contribution is -2.66. The van der Waals surface area contributed by atoms with Crippen LogP contribution < -0.4 is 5.32 Å². The number of carbonyl (C=O) groups excluding carboxylic acids is 1. The average molecular weight is 1340 g/mol. The molecular formula is C75H135NO18. The third-order valence-corrected chi connectivity index (χ3v) is 18.6. The van der Waals surface area contributed by atoms with Crippen LogP contribution in [-0.2, 0) is 33.2 Å². The second kappa shape index (κ2) is 56.3. The van der Waals surface area contributed by atoms with Gasteiger partial charge >= 0.3 is 0 Å². The van der Waals surface area contributed by atoms with Gasteiger partial charge in [0.2, 0.25) is 5.91 Å². The van der Waals surface area contributed by atoms with Crippen molar-refractivity contribution in [3.63, 3.8) is 0 Å². The third-order valence-electron chi connectivity index (χ3n) is 18.6. The topological polar surface area (TPSA) is 307 Å². The second-order valence-corrected chi connectivity index (χ2v) is 26.7. The van der Waals surface area contributed by atoms with Gasteiger partial charge in [-0.1, -0.05) is 274 Å². The number of hydrogen-bond donors (Lipinski definition) is 12. The van der Waals surface area contributed by atoms with E-state index in [4.69, 9.17) is 28.4 Å². The highest BCUT2D eigenvalue weighted by molar-refractivity contribution is 5.76. The Balaban J connectivity index is 1.23. The molecule has 0 aliphatic carbocycles. The summed E-state index contributed by atoms with van der Waals surface area (Å²) in [7, 11) is 0. The van der Waals surface area contributed by atoms with Crippen LogP contribution in [0.5, 0.6) is 0 Å². The van der Waals surface area contributed by atoms with Gasteiger partial charge in [-0.25, -0.2) is 0 Å². The van der Waals surface area contributed by atoms with E-state index in [-0.39, 0.29) is 18.9 Å². The third kappa shape index (κ3) is 37.1. The fourth-order valence-electron chi connectivity index (χ4n) is 12.5. The summed E-state index contributed by atoms with van der Waals surface area (Å²) in [6.07, 6.45) is 44.3. The highest BCUT2D eigenvalue weighted by Crippen LogP contribution is 2.33. The van der Waals surface area contributed by atoms with Crippen molar-refractivity contribution in [2.45, 2.75) is 381 Å². The number of allylic oxidation sites excluding steroid dienone is 9. The molecule has 548 valence electrons. The molecule has 0 aromatic heterocycles. The van der Waals surface area contributed by atoms with Gasteiger partial charge in [0.1, 0.15) is 73.2 Å². The number of ether oxygens (including phenoxy) is 6. The van der Waals surface area contributed by atoms with Crippen molar-refractivity contribution in [1.82, 2.24) is 5.32 Å². The summed E-state index contributed by atoms with van der Waals surface area (Å²) in [5.41, 5.74) is 0. The molecule has 3 heterocycles. The minimum Gasteiger partial charge on any atom is -0.394 e. The van der Waals surface area contributed by atoms with Crippen molar-refractivity contribution in [3.05, 3.63) is 60.8 Å². The van der Waals surface area contributed by atoms with E-state index in [0.29, 0.717) is 6.42 Å². The van der Waals surface area contributed by atoms with Crippen molar-refractivity contribution in [1.29, 1.82) is 0 Å². The molecular weight excluding hydrogens is 1200 g/mol. The molecule has 1 amide bonds. The van der Waals surface area contributed by atoms with E-state index < -0.39 is 124 Å². The van der Waals surface area contributed by atoms with Crippen LogP contribution in [0.2, 0.25) is 0 Å². The minimum atomic E-state index is -1.98. The van der Waals surface area contributed by atoms with Crippen molar-refractivity contribution in [3.8, 4) is 0 Å². The summed E-state index contributed by atoms with van der Waals surface area (Å²) in [6.45, 7) is 1.57. The van der Waals surface area contributed by atoms with Crippen molar-refractivity contribution < 1.29 is 89.4 Å². The summed E-state index contributed by atoms with van der Waals surface area (Å²) < 4.78 is 34.2. The first-order valence-electron chi connectivity index (χ1n) is 37.5. The molecule has 94 heavy (non-hydrogen) atoms. The van der Waals surface area contributed by atoms with Crippen LogP contribution in [-0.4, -0.2) is 193 Å². The Morgan fingerprint density at radius 2 is 0.734 bits per heavy atom. The van der Waals surface area contributed by atoms with E-state index in [1.807, 2.05) is 6.08 Å². The second-order valence-electron chi connectivity index (χ2n) is 26.7. The molecule has 0 aromatic carbocycles. The van der Waals surface area contributed by atoms with Gasteiger partial charge in [0, 0.05) is 6.42 Å². The predicted molar refractivity (Wildman–Crippen MR) is 369 cm³/mol. The number of nitrogens with one attached hydrogen (secondary N) is 1. The van der Waals surface area contributed by atoms with Crippen LogP contribution in [0.3, 0.4) is 0 Å². The molecule has 17 unspecified atom stereocenters. The van der Waals surface area contributed by atoms with Gasteiger partial charge in [-0.15, -0.1) is 0 Å². The molecule has 19 heteroatoms. The average Bonchev–Trinajstić information content (AvgIpc) is 0.834. The molecule has 0 bridgehead atoms. The van der Waals surface area contributed by atoms with E-state index in [2.05, 4.69) is 67.8 Å². The Bertz CT molecular complexity index is 1940. The molecule has 0 aromatic rings. The number of aliphatic hydroxyl groups excluding tert-OH is 11. The minimum absolute atomic E-state index is 0.246. The van der Waals surface area contributed by atoms with E-state index >= 15 is 0 Å².